The summed E-state index contributed by atoms with van der Waals surface area (Å²) >= 11 is 0. The van der Waals surface area contributed by atoms with Gasteiger partial charge in [0.15, 0.2) is 0 Å². The number of aromatic nitrogens is 1. The second kappa shape index (κ2) is 4.61. The summed E-state index contributed by atoms with van der Waals surface area (Å²) in [5.74, 6) is 0.329. The Morgan fingerprint density at radius 1 is 1.56 bits per heavy atom. The van der Waals surface area contributed by atoms with Gasteiger partial charge in [-0.15, -0.1) is 0 Å². The number of carbonyl (C=O) groups is 1. The van der Waals surface area contributed by atoms with Crippen LogP contribution in [0.15, 0.2) is 24.5 Å². The minimum absolute atomic E-state index is 0.0675. The molecule has 1 atom stereocenters. The van der Waals surface area contributed by atoms with Crippen LogP contribution >= 0.6 is 0 Å². The minimum Gasteiger partial charge on any atom is -0.391 e. The Bertz CT molecular complexity index is 363. The Hall–Kier alpha value is -1.42. The summed E-state index contributed by atoms with van der Waals surface area (Å²) in [5, 5.41) is 9.75. The van der Waals surface area contributed by atoms with Crippen molar-refractivity contribution in [1.82, 2.24) is 9.88 Å². The molecule has 1 heterocycles. The minimum atomic E-state index is -0.379. The fourth-order valence-corrected chi connectivity index (χ4v) is 1.71. The Kier molecular flexibility index (Phi) is 3.19. The van der Waals surface area contributed by atoms with E-state index in [1.807, 2.05) is 0 Å². The summed E-state index contributed by atoms with van der Waals surface area (Å²) in [6.45, 7) is 0.409. The van der Waals surface area contributed by atoms with E-state index >= 15 is 0 Å². The van der Waals surface area contributed by atoms with E-state index in [1.165, 1.54) is 0 Å². The predicted octanol–water partition coefficient (Wildman–Crippen LogP) is 0.925. The van der Waals surface area contributed by atoms with E-state index in [9.17, 15) is 9.90 Å². The van der Waals surface area contributed by atoms with Crippen molar-refractivity contribution in [3.63, 3.8) is 0 Å². The standard InChI is InChI=1S/C12H16N2O2/c1-14(8-11(15)9-2-3-9)12(16)10-4-6-13-7-5-10/h4-7,9,11,15H,2-3,8H2,1H3. The lowest BCUT2D eigenvalue weighted by Crippen LogP contribution is -2.35. The molecule has 1 aliphatic carbocycles. The zero-order valence-corrected chi connectivity index (χ0v) is 9.34. The number of aliphatic hydroxyl groups is 1. The SMILES string of the molecule is CN(CC(O)C1CC1)C(=O)c1ccncc1. The number of rotatable bonds is 4. The summed E-state index contributed by atoms with van der Waals surface area (Å²) in [7, 11) is 1.72. The number of aliphatic hydroxyl groups excluding tert-OH is 1. The molecule has 4 nitrogen and oxygen atoms in total. The zero-order chi connectivity index (χ0) is 11.5. The van der Waals surface area contributed by atoms with Crippen LogP contribution in [0.2, 0.25) is 0 Å². The third kappa shape index (κ3) is 2.58. The van der Waals surface area contributed by atoms with E-state index in [1.54, 1.807) is 36.5 Å². The fourth-order valence-electron chi connectivity index (χ4n) is 1.71. The summed E-state index contributed by atoms with van der Waals surface area (Å²) in [6.07, 6.45) is 4.98. The van der Waals surface area contributed by atoms with Gasteiger partial charge in [-0.25, -0.2) is 0 Å². The molecule has 0 saturated heterocycles. The normalized spacial score (nSPS) is 16.9. The van der Waals surface area contributed by atoms with Crippen LogP contribution in [0.3, 0.4) is 0 Å². The van der Waals surface area contributed by atoms with Crippen LogP contribution in [0, 0.1) is 5.92 Å². The van der Waals surface area contributed by atoms with Gasteiger partial charge in [0.2, 0.25) is 0 Å². The molecule has 4 heteroatoms. The molecule has 1 fully saturated rings. The molecule has 1 aliphatic rings. The van der Waals surface area contributed by atoms with Crippen LogP contribution in [-0.2, 0) is 0 Å². The van der Waals surface area contributed by atoms with Crippen molar-refractivity contribution in [2.24, 2.45) is 5.92 Å². The Labute approximate surface area is 94.9 Å². The highest BCUT2D eigenvalue weighted by Crippen LogP contribution is 2.32. The van der Waals surface area contributed by atoms with Gasteiger partial charge in [0.25, 0.3) is 5.91 Å². The van der Waals surface area contributed by atoms with Gasteiger partial charge < -0.3 is 10.0 Å². The maximum atomic E-state index is 11.9. The number of amides is 1. The smallest absolute Gasteiger partial charge is 0.253 e. The molecule has 16 heavy (non-hydrogen) atoms. The highest BCUT2D eigenvalue weighted by molar-refractivity contribution is 5.93. The van der Waals surface area contributed by atoms with Crippen LogP contribution < -0.4 is 0 Å². The number of nitrogens with zero attached hydrogens (tertiary/aromatic N) is 2. The molecule has 0 aromatic carbocycles. The van der Waals surface area contributed by atoms with Gasteiger partial charge in [0, 0.05) is 31.5 Å². The zero-order valence-electron chi connectivity index (χ0n) is 9.34. The highest BCUT2D eigenvalue weighted by Gasteiger charge is 2.31. The van der Waals surface area contributed by atoms with E-state index in [2.05, 4.69) is 4.98 Å². The first kappa shape index (κ1) is 11.1. The predicted molar refractivity (Wildman–Crippen MR) is 59.9 cm³/mol. The van der Waals surface area contributed by atoms with Crippen molar-refractivity contribution >= 4 is 5.91 Å². The third-order valence-corrected chi connectivity index (χ3v) is 2.90. The van der Waals surface area contributed by atoms with Crippen LogP contribution in [0.25, 0.3) is 0 Å². The molecule has 0 spiro atoms. The molecule has 86 valence electrons. The fraction of sp³-hybridized carbons (Fsp3) is 0.500. The van der Waals surface area contributed by atoms with Crippen molar-refractivity contribution in [3.05, 3.63) is 30.1 Å². The number of hydrogen-bond acceptors (Lipinski definition) is 3. The van der Waals surface area contributed by atoms with Gasteiger partial charge in [0.1, 0.15) is 0 Å². The van der Waals surface area contributed by atoms with Gasteiger partial charge in [-0.1, -0.05) is 0 Å². The van der Waals surface area contributed by atoms with E-state index in [0.717, 1.165) is 12.8 Å². The number of likely N-dealkylation sites (N-methyl/N-ethyl adjacent to an activating group) is 1. The Morgan fingerprint density at radius 2 is 2.19 bits per heavy atom. The quantitative estimate of drug-likeness (QED) is 0.821. The van der Waals surface area contributed by atoms with Crippen LogP contribution in [0.4, 0.5) is 0 Å². The number of pyridine rings is 1. The lowest BCUT2D eigenvalue weighted by molar-refractivity contribution is 0.0645. The molecule has 1 N–H and O–H groups in total. The van der Waals surface area contributed by atoms with Gasteiger partial charge in [-0.3, -0.25) is 9.78 Å². The van der Waals surface area contributed by atoms with Gasteiger partial charge in [-0.05, 0) is 30.9 Å². The number of hydrogen-bond donors (Lipinski definition) is 1. The average molecular weight is 220 g/mol. The lowest BCUT2D eigenvalue weighted by atomic mass is 10.2. The Balaban J connectivity index is 1.93. The molecule has 0 radical (unpaired) electrons. The van der Waals surface area contributed by atoms with Crippen molar-refractivity contribution < 1.29 is 9.90 Å². The Morgan fingerprint density at radius 3 is 2.75 bits per heavy atom. The first-order valence-corrected chi connectivity index (χ1v) is 5.52. The molecule has 1 aromatic heterocycles. The highest BCUT2D eigenvalue weighted by atomic mass is 16.3. The van der Waals surface area contributed by atoms with Crippen LogP contribution in [-0.4, -0.2) is 40.6 Å². The van der Waals surface area contributed by atoms with E-state index in [0.29, 0.717) is 18.0 Å². The first-order chi connectivity index (χ1) is 7.68. The first-order valence-electron chi connectivity index (χ1n) is 5.52. The summed E-state index contributed by atoms with van der Waals surface area (Å²) in [5.41, 5.74) is 0.612. The lowest BCUT2D eigenvalue weighted by Gasteiger charge is -2.20. The van der Waals surface area contributed by atoms with Gasteiger partial charge >= 0.3 is 0 Å². The van der Waals surface area contributed by atoms with Crippen molar-refractivity contribution in [2.75, 3.05) is 13.6 Å². The van der Waals surface area contributed by atoms with Crippen molar-refractivity contribution in [3.8, 4) is 0 Å². The van der Waals surface area contributed by atoms with Crippen LogP contribution in [0.5, 0.6) is 0 Å². The molecule has 0 aliphatic heterocycles. The number of carbonyl (C=O) groups excluding carboxylic acids is 1. The average Bonchev–Trinajstić information content (AvgIpc) is 3.13. The molecule has 1 saturated carbocycles. The van der Waals surface area contributed by atoms with Crippen LogP contribution in [0.1, 0.15) is 23.2 Å². The summed E-state index contributed by atoms with van der Waals surface area (Å²) < 4.78 is 0. The van der Waals surface area contributed by atoms with E-state index in [4.69, 9.17) is 0 Å². The molecule has 1 unspecified atom stereocenters. The van der Waals surface area contributed by atoms with E-state index in [-0.39, 0.29) is 12.0 Å². The maximum Gasteiger partial charge on any atom is 0.253 e. The van der Waals surface area contributed by atoms with Gasteiger partial charge in [0.05, 0.1) is 6.10 Å². The monoisotopic (exact) mass is 220 g/mol. The summed E-state index contributed by atoms with van der Waals surface area (Å²) in [4.78, 5) is 17.3. The van der Waals surface area contributed by atoms with Crippen molar-refractivity contribution in [2.45, 2.75) is 18.9 Å². The second-order valence-electron chi connectivity index (χ2n) is 4.33. The molecular formula is C12H16N2O2. The third-order valence-electron chi connectivity index (χ3n) is 2.90. The maximum absolute atomic E-state index is 11.9. The van der Waals surface area contributed by atoms with Gasteiger partial charge in [-0.2, -0.15) is 0 Å². The van der Waals surface area contributed by atoms with Crippen molar-refractivity contribution in [1.29, 1.82) is 0 Å². The molecule has 1 amide bonds. The second-order valence-corrected chi connectivity index (χ2v) is 4.33. The molecule has 2 rings (SSSR count). The van der Waals surface area contributed by atoms with E-state index < -0.39 is 0 Å². The largest absolute Gasteiger partial charge is 0.391 e. The molecule has 1 aromatic rings. The molecular weight excluding hydrogens is 204 g/mol. The topological polar surface area (TPSA) is 53.4 Å². The molecule has 0 bridgehead atoms. The summed E-state index contributed by atoms with van der Waals surface area (Å²) in [6, 6.07) is 3.37.